The van der Waals surface area contributed by atoms with E-state index >= 15 is 0 Å². The molecule has 0 aliphatic rings. The van der Waals surface area contributed by atoms with Gasteiger partial charge >= 0.3 is 0 Å². The zero-order valence-electron chi connectivity index (χ0n) is 19.3. The molecule has 10 nitrogen and oxygen atoms in total. The van der Waals surface area contributed by atoms with Crippen molar-refractivity contribution in [1.29, 1.82) is 0 Å². The van der Waals surface area contributed by atoms with Crippen molar-refractivity contribution in [2.45, 2.75) is 33.4 Å². The maximum Gasteiger partial charge on any atom is 0.287 e. The Morgan fingerprint density at radius 1 is 1.12 bits per heavy atom. The summed E-state index contributed by atoms with van der Waals surface area (Å²) in [7, 11) is 3.30. The molecule has 10 heteroatoms. The smallest absolute Gasteiger partial charge is 0.287 e. The molecular weight excluding hydrogens is 424 g/mol. The Morgan fingerprint density at radius 2 is 1.88 bits per heavy atom. The number of pyridine rings is 1. The van der Waals surface area contributed by atoms with Crippen molar-refractivity contribution in [2.24, 2.45) is 13.0 Å². The van der Waals surface area contributed by atoms with Crippen LogP contribution in [0.3, 0.4) is 0 Å². The lowest BCUT2D eigenvalue weighted by Crippen LogP contribution is -2.48. The zero-order chi connectivity index (χ0) is 24.1. The summed E-state index contributed by atoms with van der Waals surface area (Å²) in [4.78, 5) is 41.2. The molecule has 0 bridgehead atoms. The van der Waals surface area contributed by atoms with Gasteiger partial charge in [-0.2, -0.15) is 5.10 Å². The number of aromatic nitrogens is 3. The quantitative estimate of drug-likeness (QED) is 0.478. The molecule has 1 atom stereocenters. The molecule has 3 rings (SSSR count). The van der Waals surface area contributed by atoms with Crippen molar-refractivity contribution < 1.29 is 18.8 Å². The first kappa shape index (κ1) is 23.7. The molecular formula is C23H28N6O4. The zero-order valence-corrected chi connectivity index (χ0v) is 19.3. The molecule has 0 saturated heterocycles. The molecule has 1 unspecified atom stereocenters. The first-order chi connectivity index (χ1) is 15.7. The Morgan fingerprint density at radius 3 is 2.52 bits per heavy atom. The highest BCUT2D eigenvalue weighted by Crippen LogP contribution is 2.21. The van der Waals surface area contributed by atoms with Crippen LogP contribution >= 0.6 is 0 Å². The minimum atomic E-state index is -0.677. The number of rotatable bonds is 8. The number of likely N-dealkylation sites (N-methyl/N-ethyl adjacent to an activating group) is 1. The van der Waals surface area contributed by atoms with Gasteiger partial charge in [0.25, 0.3) is 11.8 Å². The molecule has 0 aliphatic carbocycles. The van der Waals surface area contributed by atoms with Gasteiger partial charge in [0.1, 0.15) is 17.4 Å². The summed E-state index contributed by atoms with van der Waals surface area (Å²) in [6.45, 7) is 5.84. The fourth-order valence-corrected chi connectivity index (χ4v) is 3.16. The number of carbonyl (C=O) groups is 3. The lowest BCUT2D eigenvalue weighted by atomic mass is 10.0. The van der Waals surface area contributed by atoms with Crippen molar-refractivity contribution in [3.05, 3.63) is 59.2 Å². The van der Waals surface area contributed by atoms with Crippen molar-refractivity contribution in [2.75, 3.05) is 7.05 Å². The number of nitrogens with zero attached hydrogens (tertiary/aromatic N) is 3. The molecule has 3 heterocycles. The van der Waals surface area contributed by atoms with Crippen LogP contribution in [0.1, 0.15) is 46.1 Å². The Balaban J connectivity index is 1.67. The third-order valence-electron chi connectivity index (χ3n) is 5.19. The lowest BCUT2D eigenvalue weighted by molar-refractivity contribution is -0.123. The maximum absolute atomic E-state index is 12.6. The minimum Gasteiger partial charge on any atom is -0.449 e. The number of nitrogens with one attached hydrogen (secondary N) is 3. The number of amides is 3. The normalized spacial score (nSPS) is 11.8. The molecule has 0 fully saturated rings. The van der Waals surface area contributed by atoms with Crippen molar-refractivity contribution >= 4 is 17.7 Å². The second-order valence-electron chi connectivity index (χ2n) is 8.00. The van der Waals surface area contributed by atoms with Gasteiger partial charge in [-0.05, 0) is 48.7 Å². The van der Waals surface area contributed by atoms with Gasteiger partial charge in [0.2, 0.25) is 5.91 Å². The SMILES string of the molecule is CNC(=O)C(NC(=O)c1ccc(-c2cc(CNC(=O)c3cc(C)n(C)n3)ccn2)o1)C(C)C. The number of hydrogen-bond acceptors (Lipinski definition) is 6. The first-order valence-electron chi connectivity index (χ1n) is 10.6. The van der Waals surface area contributed by atoms with Crippen molar-refractivity contribution in [3.63, 3.8) is 0 Å². The number of hydrogen-bond donors (Lipinski definition) is 3. The van der Waals surface area contributed by atoms with Gasteiger partial charge in [-0.15, -0.1) is 0 Å². The number of carbonyl (C=O) groups excluding carboxylic acids is 3. The highest BCUT2D eigenvalue weighted by atomic mass is 16.4. The summed E-state index contributed by atoms with van der Waals surface area (Å²) in [5.74, 6) is -0.655. The van der Waals surface area contributed by atoms with Crippen LogP contribution < -0.4 is 16.0 Å². The van der Waals surface area contributed by atoms with E-state index in [2.05, 4.69) is 26.0 Å². The topological polar surface area (TPSA) is 131 Å². The largest absolute Gasteiger partial charge is 0.449 e. The van der Waals surface area contributed by atoms with E-state index in [-0.39, 0.29) is 30.0 Å². The second kappa shape index (κ2) is 10.1. The Kier molecular flexibility index (Phi) is 7.27. The molecule has 3 amide bonds. The van der Waals surface area contributed by atoms with Crippen LogP contribution in [0.25, 0.3) is 11.5 Å². The van der Waals surface area contributed by atoms with Crippen LogP contribution in [0.4, 0.5) is 0 Å². The summed E-state index contributed by atoms with van der Waals surface area (Å²) in [6.07, 6.45) is 1.60. The third-order valence-corrected chi connectivity index (χ3v) is 5.19. The molecule has 0 radical (unpaired) electrons. The predicted octanol–water partition coefficient (Wildman–Crippen LogP) is 1.81. The summed E-state index contributed by atoms with van der Waals surface area (Å²) in [6, 6.07) is 7.76. The minimum absolute atomic E-state index is 0.0746. The molecule has 174 valence electrons. The van der Waals surface area contributed by atoms with E-state index < -0.39 is 11.9 Å². The van der Waals surface area contributed by atoms with E-state index in [0.717, 1.165) is 11.3 Å². The van der Waals surface area contributed by atoms with Gasteiger partial charge in [0, 0.05) is 32.5 Å². The second-order valence-corrected chi connectivity index (χ2v) is 8.00. The Hall–Kier alpha value is -3.95. The highest BCUT2D eigenvalue weighted by Gasteiger charge is 2.25. The summed E-state index contributed by atoms with van der Waals surface area (Å²) >= 11 is 0. The Labute approximate surface area is 191 Å². The Bertz CT molecular complexity index is 1140. The number of aryl methyl sites for hydroxylation is 2. The van der Waals surface area contributed by atoms with Gasteiger partial charge in [-0.1, -0.05) is 13.8 Å². The molecule has 0 aliphatic heterocycles. The van der Waals surface area contributed by atoms with Crippen LogP contribution in [0.2, 0.25) is 0 Å². The van der Waals surface area contributed by atoms with Crippen LogP contribution in [-0.4, -0.2) is 45.6 Å². The van der Waals surface area contributed by atoms with Gasteiger partial charge in [0.15, 0.2) is 11.5 Å². The third kappa shape index (κ3) is 5.65. The lowest BCUT2D eigenvalue weighted by Gasteiger charge is -2.19. The molecule has 0 aromatic carbocycles. The fraction of sp³-hybridized carbons (Fsp3) is 0.348. The van der Waals surface area contributed by atoms with E-state index in [9.17, 15) is 14.4 Å². The van der Waals surface area contributed by atoms with E-state index in [0.29, 0.717) is 17.1 Å². The van der Waals surface area contributed by atoms with Crippen molar-refractivity contribution in [1.82, 2.24) is 30.7 Å². The van der Waals surface area contributed by atoms with Crippen LogP contribution in [-0.2, 0) is 18.4 Å². The van der Waals surface area contributed by atoms with Gasteiger partial charge in [-0.25, -0.2) is 0 Å². The average molecular weight is 453 g/mol. The first-order valence-corrected chi connectivity index (χ1v) is 10.6. The van der Waals surface area contributed by atoms with Crippen LogP contribution in [0.5, 0.6) is 0 Å². The molecule has 3 aromatic rings. The van der Waals surface area contributed by atoms with Gasteiger partial charge in [-0.3, -0.25) is 24.0 Å². The van der Waals surface area contributed by atoms with E-state index in [4.69, 9.17) is 4.42 Å². The molecule has 3 N–H and O–H groups in total. The maximum atomic E-state index is 12.6. The monoisotopic (exact) mass is 452 g/mol. The van der Waals surface area contributed by atoms with Gasteiger partial charge in [0.05, 0.1) is 0 Å². The average Bonchev–Trinajstić information content (AvgIpc) is 3.42. The van der Waals surface area contributed by atoms with Crippen molar-refractivity contribution in [3.8, 4) is 11.5 Å². The van der Waals surface area contributed by atoms with E-state index in [1.165, 1.54) is 13.1 Å². The standard InChI is InChI=1S/C23H28N6O4/c1-13(2)20(23(32)24-4)27-22(31)19-7-6-18(33-19)16-11-15(8-9-25-16)12-26-21(30)17-10-14(3)29(5)28-17/h6-11,13,20H,12H2,1-5H3,(H,24,32)(H,26,30)(H,27,31). The van der Waals surface area contributed by atoms with Crippen LogP contribution in [0, 0.1) is 12.8 Å². The summed E-state index contributed by atoms with van der Waals surface area (Å²) in [5.41, 5.74) is 2.56. The van der Waals surface area contributed by atoms with E-state index in [1.54, 1.807) is 42.2 Å². The molecule has 0 saturated carbocycles. The molecule has 3 aromatic heterocycles. The summed E-state index contributed by atoms with van der Waals surface area (Å²) in [5, 5.41) is 12.2. The van der Waals surface area contributed by atoms with Crippen LogP contribution in [0.15, 0.2) is 40.9 Å². The predicted molar refractivity (Wildman–Crippen MR) is 121 cm³/mol. The molecule has 33 heavy (non-hydrogen) atoms. The number of furan rings is 1. The van der Waals surface area contributed by atoms with E-state index in [1.807, 2.05) is 20.8 Å². The van der Waals surface area contributed by atoms with Gasteiger partial charge < -0.3 is 20.4 Å². The fourth-order valence-electron chi connectivity index (χ4n) is 3.16. The summed E-state index contributed by atoms with van der Waals surface area (Å²) < 4.78 is 7.33. The highest BCUT2D eigenvalue weighted by molar-refractivity contribution is 5.96. The molecule has 0 spiro atoms.